The third kappa shape index (κ3) is 3.32. The van der Waals surface area contributed by atoms with Gasteiger partial charge in [0, 0.05) is 42.1 Å². The second-order valence-electron chi connectivity index (χ2n) is 12.1. The Labute approximate surface area is 215 Å². The number of nitrogens with zero attached hydrogens (tertiary/aromatic N) is 2. The van der Waals surface area contributed by atoms with Crippen molar-refractivity contribution in [3.63, 3.8) is 0 Å². The third-order valence-electron chi connectivity index (χ3n) is 10.5. The van der Waals surface area contributed by atoms with Crippen LogP contribution in [0.3, 0.4) is 0 Å². The fraction of sp³-hybridized carbons (Fsp3) is 0.567. The van der Waals surface area contributed by atoms with Gasteiger partial charge in [-0.15, -0.1) is 12.4 Å². The molecule has 3 saturated carbocycles. The van der Waals surface area contributed by atoms with E-state index in [1.807, 2.05) is 43.4 Å². The van der Waals surface area contributed by atoms with Crippen LogP contribution in [0.1, 0.15) is 66.4 Å². The number of phenols is 1. The van der Waals surface area contributed by atoms with Crippen molar-refractivity contribution < 1.29 is 9.90 Å². The normalized spacial score (nSPS) is 34.9. The molecule has 5 heteroatoms. The zero-order chi connectivity index (χ0) is 23.1. The van der Waals surface area contributed by atoms with Gasteiger partial charge in [0.05, 0.1) is 0 Å². The molecule has 5 aliphatic rings. The summed E-state index contributed by atoms with van der Waals surface area (Å²) in [5, 5.41) is 10.5. The fourth-order valence-electron chi connectivity index (χ4n) is 8.91. The highest BCUT2D eigenvalue weighted by molar-refractivity contribution is 5.94. The van der Waals surface area contributed by atoms with E-state index in [9.17, 15) is 9.90 Å². The number of likely N-dealkylation sites (tertiary alicyclic amines) is 1. The van der Waals surface area contributed by atoms with E-state index in [0.29, 0.717) is 17.7 Å². The van der Waals surface area contributed by atoms with Crippen molar-refractivity contribution in [3.8, 4) is 5.75 Å². The van der Waals surface area contributed by atoms with Crippen LogP contribution in [0.5, 0.6) is 5.75 Å². The molecular formula is C30H37ClN2O2. The van der Waals surface area contributed by atoms with E-state index in [4.69, 9.17) is 0 Å². The van der Waals surface area contributed by atoms with Gasteiger partial charge in [0.2, 0.25) is 0 Å². The van der Waals surface area contributed by atoms with E-state index in [0.717, 1.165) is 37.3 Å². The summed E-state index contributed by atoms with van der Waals surface area (Å²) in [6.45, 7) is 2.44. The topological polar surface area (TPSA) is 43.8 Å². The summed E-state index contributed by atoms with van der Waals surface area (Å²) in [6, 6.07) is 16.9. The molecule has 2 aromatic carbocycles. The van der Waals surface area contributed by atoms with Gasteiger partial charge in [0.15, 0.2) is 0 Å². The van der Waals surface area contributed by atoms with Crippen LogP contribution in [0.25, 0.3) is 0 Å². The molecule has 0 radical (unpaired) electrons. The zero-order valence-electron chi connectivity index (χ0n) is 20.7. The molecule has 1 saturated heterocycles. The van der Waals surface area contributed by atoms with E-state index < -0.39 is 0 Å². The molecule has 2 aromatic rings. The maximum Gasteiger partial charge on any atom is 0.253 e. The molecule has 4 nitrogen and oxygen atoms in total. The zero-order valence-corrected chi connectivity index (χ0v) is 21.5. The molecule has 1 heterocycles. The van der Waals surface area contributed by atoms with Crippen LogP contribution in [0.15, 0.2) is 48.5 Å². The number of rotatable bonds is 4. The lowest BCUT2D eigenvalue weighted by Gasteiger charge is -2.67. The minimum Gasteiger partial charge on any atom is -0.508 e. The van der Waals surface area contributed by atoms with Gasteiger partial charge in [0.1, 0.15) is 5.75 Å². The molecule has 186 valence electrons. The smallest absolute Gasteiger partial charge is 0.253 e. The summed E-state index contributed by atoms with van der Waals surface area (Å²) in [5.74, 6) is 2.02. The van der Waals surface area contributed by atoms with Gasteiger partial charge in [-0.3, -0.25) is 9.69 Å². The number of phenolic OH excluding ortho intramolecular Hbond substituents is 1. The predicted octanol–water partition coefficient (Wildman–Crippen LogP) is 5.42. The van der Waals surface area contributed by atoms with Crippen molar-refractivity contribution in [2.24, 2.45) is 17.3 Å². The van der Waals surface area contributed by atoms with E-state index in [1.165, 1.54) is 49.8 Å². The van der Waals surface area contributed by atoms with Crippen LogP contribution < -0.4 is 0 Å². The monoisotopic (exact) mass is 492 g/mol. The highest BCUT2D eigenvalue weighted by Crippen LogP contribution is 2.70. The number of halogens is 1. The first kappa shape index (κ1) is 23.4. The second-order valence-corrected chi connectivity index (χ2v) is 12.1. The Morgan fingerprint density at radius 2 is 1.89 bits per heavy atom. The van der Waals surface area contributed by atoms with Crippen LogP contribution in [0, 0.1) is 17.3 Å². The number of hydrogen-bond acceptors (Lipinski definition) is 3. The summed E-state index contributed by atoms with van der Waals surface area (Å²) in [6.07, 6.45) is 9.85. The SMILES string of the molecule is CN(C(=O)c1ccccc1)[C@H]1C[C@@]23CCN(CC4CC4)[C@H]4CC[C@@H]1C[C@]42Cc1ccc(O)cc13.Cl. The van der Waals surface area contributed by atoms with Crippen molar-refractivity contribution in [1.29, 1.82) is 0 Å². The van der Waals surface area contributed by atoms with Crippen molar-refractivity contribution in [2.75, 3.05) is 20.1 Å². The summed E-state index contributed by atoms with van der Waals surface area (Å²) < 4.78 is 0. The van der Waals surface area contributed by atoms with E-state index in [1.54, 1.807) is 0 Å². The molecule has 0 aromatic heterocycles. The molecule has 2 bridgehead atoms. The lowest BCUT2D eigenvalue weighted by atomic mass is 9.44. The van der Waals surface area contributed by atoms with Crippen molar-refractivity contribution in [3.05, 3.63) is 65.2 Å². The number of benzene rings is 2. The molecule has 0 unspecified atom stereocenters. The molecule has 4 fully saturated rings. The van der Waals surface area contributed by atoms with Crippen LogP contribution in [-0.4, -0.2) is 53.0 Å². The Morgan fingerprint density at radius 3 is 2.66 bits per heavy atom. The highest BCUT2D eigenvalue weighted by atomic mass is 35.5. The first-order valence-corrected chi connectivity index (χ1v) is 13.4. The summed E-state index contributed by atoms with van der Waals surface area (Å²) in [7, 11) is 2.04. The van der Waals surface area contributed by atoms with Gasteiger partial charge in [0.25, 0.3) is 5.91 Å². The van der Waals surface area contributed by atoms with Gasteiger partial charge in [-0.1, -0.05) is 24.3 Å². The van der Waals surface area contributed by atoms with Gasteiger partial charge < -0.3 is 10.0 Å². The number of fused-ring (bicyclic) bond motifs is 2. The minimum absolute atomic E-state index is 0. The largest absolute Gasteiger partial charge is 0.508 e. The lowest BCUT2D eigenvalue weighted by molar-refractivity contribution is -0.137. The van der Waals surface area contributed by atoms with Gasteiger partial charge in [-0.05, 0) is 105 Å². The first-order chi connectivity index (χ1) is 16.5. The highest BCUT2D eigenvalue weighted by Gasteiger charge is 2.69. The molecule has 1 spiro atoms. The van der Waals surface area contributed by atoms with Crippen molar-refractivity contribution in [2.45, 2.75) is 68.9 Å². The van der Waals surface area contributed by atoms with Gasteiger partial charge >= 0.3 is 0 Å². The summed E-state index contributed by atoms with van der Waals surface area (Å²) in [5.41, 5.74) is 3.96. The molecule has 5 atom stereocenters. The van der Waals surface area contributed by atoms with E-state index in [-0.39, 0.29) is 35.2 Å². The van der Waals surface area contributed by atoms with Crippen LogP contribution in [0.4, 0.5) is 0 Å². The number of carbonyl (C=O) groups is 1. The Balaban J connectivity index is 0.00000229. The van der Waals surface area contributed by atoms with Crippen LogP contribution in [-0.2, 0) is 11.8 Å². The van der Waals surface area contributed by atoms with E-state index >= 15 is 0 Å². The summed E-state index contributed by atoms with van der Waals surface area (Å²) >= 11 is 0. The molecular weight excluding hydrogens is 456 g/mol. The van der Waals surface area contributed by atoms with Crippen LogP contribution in [0.2, 0.25) is 0 Å². The Bertz CT molecular complexity index is 1130. The molecule has 7 rings (SSSR count). The number of hydrogen-bond donors (Lipinski definition) is 1. The van der Waals surface area contributed by atoms with Crippen LogP contribution >= 0.6 is 12.4 Å². The van der Waals surface area contributed by atoms with E-state index in [2.05, 4.69) is 21.9 Å². The predicted molar refractivity (Wildman–Crippen MR) is 140 cm³/mol. The first-order valence-electron chi connectivity index (χ1n) is 13.4. The Hall–Kier alpha value is -2.04. The quantitative estimate of drug-likeness (QED) is 0.619. The maximum atomic E-state index is 13.5. The third-order valence-corrected chi connectivity index (χ3v) is 10.5. The number of carbonyl (C=O) groups excluding carboxylic acids is 1. The van der Waals surface area contributed by atoms with Crippen molar-refractivity contribution >= 4 is 18.3 Å². The molecule has 35 heavy (non-hydrogen) atoms. The fourth-order valence-corrected chi connectivity index (χ4v) is 8.91. The van der Waals surface area contributed by atoms with Crippen molar-refractivity contribution in [1.82, 2.24) is 9.80 Å². The second kappa shape index (κ2) is 8.24. The maximum absolute atomic E-state index is 13.5. The average Bonchev–Trinajstić information content (AvgIpc) is 3.64. The molecule has 4 aliphatic carbocycles. The molecule has 1 amide bonds. The standard InChI is InChI=1S/C30H36N2O2.ClH/c1-31(28(34)21-5-3-2-4-6-21)26-18-29-13-14-32(19-20-7-8-20)27-12-10-23(26)17-30(27,29)16-22-9-11-24(33)15-25(22)29;/h2-6,9,11,15,20,23,26-27,33H,7-8,10,12-14,16-19H2,1H3;1H/t23-,26+,27+,29-,30-;/m1./s1. The summed E-state index contributed by atoms with van der Waals surface area (Å²) in [4.78, 5) is 18.5. The Kier molecular flexibility index (Phi) is 5.50. The number of amides is 1. The van der Waals surface area contributed by atoms with Gasteiger partial charge in [-0.25, -0.2) is 0 Å². The Morgan fingerprint density at radius 1 is 1.09 bits per heavy atom. The molecule has 1 aliphatic heterocycles. The van der Waals surface area contributed by atoms with Gasteiger partial charge in [-0.2, -0.15) is 0 Å². The molecule has 1 N–H and O–H groups in total. The number of piperidine rings is 1. The minimum atomic E-state index is 0. The lowest BCUT2D eigenvalue weighted by Crippen LogP contribution is -2.70. The number of aromatic hydroxyl groups is 1. The average molecular weight is 493 g/mol.